The number of amides is 1. The lowest BCUT2D eigenvalue weighted by molar-refractivity contribution is 0.155. The SMILES string of the molecule is COC(=O)Nc1cc2c([nH]1)C=CNC2O. The van der Waals surface area contributed by atoms with E-state index in [0.29, 0.717) is 11.4 Å². The Labute approximate surface area is 85.9 Å². The van der Waals surface area contributed by atoms with Gasteiger partial charge in [-0.2, -0.15) is 0 Å². The van der Waals surface area contributed by atoms with E-state index in [-0.39, 0.29) is 0 Å². The van der Waals surface area contributed by atoms with Crippen molar-refractivity contribution in [2.45, 2.75) is 6.23 Å². The van der Waals surface area contributed by atoms with E-state index >= 15 is 0 Å². The molecule has 6 heteroatoms. The van der Waals surface area contributed by atoms with Crippen molar-refractivity contribution in [1.29, 1.82) is 0 Å². The van der Waals surface area contributed by atoms with E-state index in [1.54, 1.807) is 18.3 Å². The smallest absolute Gasteiger partial charge is 0.412 e. The van der Waals surface area contributed by atoms with E-state index in [2.05, 4.69) is 20.4 Å². The van der Waals surface area contributed by atoms with Crippen LogP contribution in [0.2, 0.25) is 0 Å². The quantitative estimate of drug-likeness (QED) is 0.550. The van der Waals surface area contributed by atoms with Crippen molar-refractivity contribution in [2.75, 3.05) is 12.4 Å². The van der Waals surface area contributed by atoms with E-state index in [0.717, 1.165) is 5.69 Å². The Bertz CT molecular complexity index is 411. The zero-order valence-corrected chi connectivity index (χ0v) is 8.07. The van der Waals surface area contributed by atoms with Gasteiger partial charge in [0.1, 0.15) is 5.82 Å². The van der Waals surface area contributed by atoms with Gasteiger partial charge in [0, 0.05) is 17.5 Å². The molecular weight excluding hydrogens is 198 g/mol. The van der Waals surface area contributed by atoms with E-state index in [9.17, 15) is 9.90 Å². The zero-order chi connectivity index (χ0) is 10.8. The van der Waals surface area contributed by atoms with Crippen LogP contribution in [-0.2, 0) is 4.74 Å². The van der Waals surface area contributed by atoms with Crippen LogP contribution in [0.15, 0.2) is 12.3 Å². The monoisotopic (exact) mass is 209 g/mol. The van der Waals surface area contributed by atoms with Gasteiger partial charge in [-0.05, 0) is 12.1 Å². The van der Waals surface area contributed by atoms with Gasteiger partial charge in [0.15, 0.2) is 6.23 Å². The molecule has 4 N–H and O–H groups in total. The molecule has 15 heavy (non-hydrogen) atoms. The number of hydrogen-bond acceptors (Lipinski definition) is 4. The number of hydrogen-bond donors (Lipinski definition) is 4. The molecule has 1 atom stereocenters. The first-order chi connectivity index (χ1) is 7.20. The third kappa shape index (κ3) is 1.79. The van der Waals surface area contributed by atoms with E-state index in [1.165, 1.54) is 7.11 Å². The Balaban J connectivity index is 2.22. The molecule has 0 fully saturated rings. The van der Waals surface area contributed by atoms with E-state index in [4.69, 9.17) is 0 Å². The predicted molar refractivity (Wildman–Crippen MR) is 53.9 cm³/mol. The largest absolute Gasteiger partial charge is 0.453 e. The number of anilines is 1. The summed E-state index contributed by atoms with van der Waals surface area (Å²) in [5.41, 5.74) is 1.44. The van der Waals surface area contributed by atoms with Crippen LogP contribution >= 0.6 is 0 Å². The summed E-state index contributed by atoms with van der Waals surface area (Å²) in [7, 11) is 1.29. The third-order valence-corrected chi connectivity index (χ3v) is 2.10. The van der Waals surface area contributed by atoms with Crippen molar-refractivity contribution < 1.29 is 14.6 Å². The van der Waals surface area contributed by atoms with Crippen molar-refractivity contribution in [2.24, 2.45) is 0 Å². The maximum Gasteiger partial charge on any atom is 0.412 e. The Morgan fingerprint density at radius 3 is 3.13 bits per heavy atom. The average molecular weight is 209 g/mol. The van der Waals surface area contributed by atoms with Gasteiger partial charge in [-0.1, -0.05) is 0 Å². The van der Waals surface area contributed by atoms with Crippen LogP contribution in [-0.4, -0.2) is 23.3 Å². The van der Waals surface area contributed by atoms with E-state index < -0.39 is 12.3 Å². The molecule has 2 heterocycles. The molecule has 80 valence electrons. The lowest BCUT2D eigenvalue weighted by Crippen LogP contribution is -2.17. The summed E-state index contributed by atoms with van der Waals surface area (Å²) in [6, 6.07) is 1.65. The predicted octanol–water partition coefficient (Wildman–Crippen LogP) is 0.758. The minimum absolute atomic E-state index is 0.485. The van der Waals surface area contributed by atoms with Crippen LogP contribution in [0.1, 0.15) is 17.5 Å². The lowest BCUT2D eigenvalue weighted by Gasteiger charge is -2.13. The molecule has 0 saturated carbocycles. The second kappa shape index (κ2) is 3.66. The molecule has 1 aliphatic rings. The Morgan fingerprint density at radius 2 is 2.47 bits per heavy atom. The van der Waals surface area contributed by atoms with Gasteiger partial charge in [-0.15, -0.1) is 0 Å². The van der Waals surface area contributed by atoms with Crippen LogP contribution in [0.3, 0.4) is 0 Å². The number of aromatic amines is 1. The third-order valence-electron chi connectivity index (χ3n) is 2.10. The molecule has 0 spiro atoms. The van der Waals surface area contributed by atoms with Crippen molar-refractivity contribution in [3.8, 4) is 0 Å². The van der Waals surface area contributed by atoms with Crippen LogP contribution in [0.4, 0.5) is 10.6 Å². The summed E-state index contributed by atoms with van der Waals surface area (Å²) < 4.78 is 4.45. The molecule has 0 radical (unpaired) electrons. The summed E-state index contributed by atoms with van der Waals surface area (Å²) in [5, 5.41) is 14.7. The van der Waals surface area contributed by atoms with Gasteiger partial charge in [-0.3, -0.25) is 5.32 Å². The van der Waals surface area contributed by atoms with Crippen LogP contribution in [0, 0.1) is 0 Å². The van der Waals surface area contributed by atoms with Gasteiger partial charge in [0.25, 0.3) is 0 Å². The van der Waals surface area contributed by atoms with E-state index in [1.807, 2.05) is 0 Å². The van der Waals surface area contributed by atoms with Gasteiger partial charge in [0.2, 0.25) is 0 Å². The first-order valence-corrected chi connectivity index (χ1v) is 4.39. The molecule has 1 aromatic heterocycles. The fourth-order valence-corrected chi connectivity index (χ4v) is 1.39. The van der Waals surface area contributed by atoms with Crippen LogP contribution in [0.5, 0.6) is 0 Å². The minimum Gasteiger partial charge on any atom is -0.453 e. The van der Waals surface area contributed by atoms with Crippen LogP contribution < -0.4 is 10.6 Å². The highest BCUT2D eigenvalue weighted by Gasteiger charge is 2.17. The van der Waals surface area contributed by atoms with Gasteiger partial charge in [-0.25, -0.2) is 4.79 Å². The minimum atomic E-state index is -0.755. The molecule has 6 nitrogen and oxygen atoms in total. The first kappa shape index (κ1) is 9.60. The zero-order valence-electron chi connectivity index (χ0n) is 8.07. The number of carbonyl (C=O) groups is 1. The highest BCUT2D eigenvalue weighted by Crippen LogP contribution is 2.24. The number of aliphatic hydroxyl groups excluding tert-OH is 1. The second-order valence-electron chi connectivity index (χ2n) is 3.07. The summed E-state index contributed by atoms with van der Waals surface area (Å²) >= 11 is 0. The number of aliphatic hydroxyl groups is 1. The molecule has 1 unspecified atom stereocenters. The van der Waals surface area contributed by atoms with Crippen LogP contribution in [0.25, 0.3) is 6.08 Å². The molecule has 0 bridgehead atoms. The lowest BCUT2D eigenvalue weighted by atomic mass is 10.2. The van der Waals surface area contributed by atoms with Gasteiger partial charge in [0.05, 0.1) is 7.11 Å². The van der Waals surface area contributed by atoms with Crippen molar-refractivity contribution in [1.82, 2.24) is 10.3 Å². The van der Waals surface area contributed by atoms with Gasteiger partial charge >= 0.3 is 6.09 Å². The molecule has 0 saturated heterocycles. The number of carbonyl (C=O) groups excluding carboxylic acids is 1. The standard InChI is InChI=1S/C9H11N3O3/c1-15-9(14)12-7-4-5-6(11-7)2-3-10-8(5)13/h2-4,8,10-11,13H,1H3,(H,12,14). The molecular formula is C9H11N3O3. The van der Waals surface area contributed by atoms with Crippen molar-refractivity contribution in [3.63, 3.8) is 0 Å². The molecule has 0 aliphatic carbocycles. The average Bonchev–Trinajstić information content (AvgIpc) is 2.62. The maximum absolute atomic E-state index is 10.9. The summed E-state index contributed by atoms with van der Waals surface area (Å²) in [6.07, 6.45) is 2.09. The maximum atomic E-state index is 10.9. The summed E-state index contributed by atoms with van der Waals surface area (Å²) in [5.74, 6) is 0.485. The van der Waals surface area contributed by atoms with Crippen molar-refractivity contribution in [3.05, 3.63) is 23.5 Å². The van der Waals surface area contributed by atoms with Crippen molar-refractivity contribution >= 4 is 18.0 Å². The number of aromatic nitrogens is 1. The molecule has 0 aromatic carbocycles. The number of methoxy groups -OCH3 is 1. The normalized spacial score (nSPS) is 17.9. The topological polar surface area (TPSA) is 86.4 Å². The Kier molecular flexibility index (Phi) is 2.34. The summed E-state index contributed by atoms with van der Waals surface area (Å²) in [4.78, 5) is 13.9. The molecule has 1 amide bonds. The second-order valence-corrected chi connectivity index (χ2v) is 3.07. The summed E-state index contributed by atoms with van der Waals surface area (Å²) in [6.45, 7) is 0. The number of fused-ring (bicyclic) bond motifs is 1. The Morgan fingerprint density at radius 1 is 1.67 bits per heavy atom. The first-order valence-electron chi connectivity index (χ1n) is 4.39. The highest BCUT2D eigenvalue weighted by atomic mass is 16.5. The fourth-order valence-electron chi connectivity index (χ4n) is 1.39. The van der Waals surface area contributed by atoms with Gasteiger partial charge < -0.3 is 20.1 Å². The number of H-pyrrole nitrogens is 1. The highest BCUT2D eigenvalue weighted by molar-refractivity contribution is 5.84. The fraction of sp³-hybridized carbons (Fsp3) is 0.222. The molecule has 1 aliphatic heterocycles. The molecule has 2 rings (SSSR count). The Hall–Kier alpha value is -1.95. The number of rotatable bonds is 1. The number of nitrogens with one attached hydrogen (secondary N) is 3. The molecule has 1 aromatic rings. The number of ether oxygens (including phenoxy) is 1.